The first kappa shape index (κ1) is 22.2. The molecule has 0 bridgehead atoms. The molecule has 158 valence electrons. The number of aryl methyl sites for hydroxylation is 1. The van der Waals surface area contributed by atoms with Crippen molar-refractivity contribution in [2.75, 3.05) is 23.7 Å². The molecular formula is C20H28FN5O3. The summed E-state index contributed by atoms with van der Waals surface area (Å²) in [6.45, 7) is 6.19. The standard InChI is InChI=1S/C20H28FN5O3/c1-4-6-9-26-18(22)17(19(28)24-20(26)29)25(5-2)12-16(27)23-11-14-8-7-13(3)15(21)10-14/h7-8,10H,4-6,9,11-12,22H2,1-3H3,(H,23,27)(H,24,28,29). The molecule has 8 nitrogen and oxygen atoms in total. The zero-order valence-electron chi connectivity index (χ0n) is 17.0. The Labute approximate surface area is 168 Å². The monoisotopic (exact) mass is 405 g/mol. The number of amides is 1. The largest absolute Gasteiger partial charge is 0.383 e. The Kier molecular flexibility index (Phi) is 7.58. The highest BCUT2D eigenvalue weighted by Gasteiger charge is 2.19. The van der Waals surface area contributed by atoms with E-state index in [1.54, 1.807) is 26.0 Å². The molecule has 0 saturated carbocycles. The first-order valence-corrected chi connectivity index (χ1v) is 9.67. The molecule has 29 heavy (non-hydrogen) atoms. The van der Waals surface area contributed by atoms with Gasteiger partial charge in [-0.15, -0.1) is 0 Å². The molecule has 0 radical (unpaired) electrons. The predicted molar refractivity (Wildman–Crippen MR) is 112 cm³/mol. The van der Waals surface area contributed by atoms with Gasteiger partial charge < -0.3 is 16.0 Å². The van der Waals surface area contributed by atoms with Crippen LogP contribution in [0.15, 0.2) is 27.8 Å². The van der Waals surface area contributed by atoms with Crippen LogP contribution in [0.4, 0.5) is 15.9 Å². The number of nitrogens with zero attached hydrogens (tertiary/aromatic N) is 2. The van der Waals surface area contributed by atoms with E-state index in [1.807, 2.05) is 6.92 Å². The summed E-state index contributed by atoms with van der Waals surface area (Å²) < 4.78 is 15.0. The zero-order chi connectivity index (χ0) is 21.6. The van der Waals surface area contributed by atoms with Gasteiger partial charge in [0, 0.05) is 19.6 Å². The quantitative estimate of drug-likeness (QED) is 0.585. The van der Waals surface area contributed by atoms with E-state index in [4.69, 9.17) is 5.73 Å². The molecular weight excluding hydrogens is 377 g/mol. The number of hydrogen-bond acceptors (Lipinski definition) is 5. The Morgan fingerprint density at radius 2 is 2.03 bits per heavy atom. The van der Waals surface area contributed by atoms with Crippen molar-refractivity contribution in [2.24, 2.45) is 0 Å². The Hall–Kier alpha value is -3.10. The van der Waals surface area contributed by atoms with Crippen molar-refractivity contribution in [2.45, 2.75) is 46.7 Å². The molecule has 4 N–H and O–H groups in total. The zero-order valence-corrected chi connectivity index (χ0v) is 17.0. The molecule has 1 amide bonds. The molecule has 0 aliphatic rings. The molecule has 0 atom stereocenters. The van der Waals surface area contributed by atoms with Gasteiger partial charge in [0.2, 0.25) is 5.91 Å². The number of benzene rings is 1. The highest BCUT2D eigenvalue weighted by Crippen LogP contribution is 2.16. The second-order valence-corrected chi connectivity index (χ2v) is 6.87. The Balaban J connectivity index is 2.16. The molecule has 1 aromatic carbocycles. The van der Waals surface area contributed by atoms with Crippen molar-refractivity contribution in [3.05, 3.63) is 56.0 Å². The minimum Gasteiger partial charge on any atom is -0.383 e. The number of anilines is 2. The van der Waals surface area contributed by atoms with Gasteiger partial charge in [-0.1, -0.05) is 25.5 Å². The van der Waals surface area contributed by atoms with Crippen LogP contribution >= 0.6 is 0 Å². The second-order valence-electron chi connectivity index (χ2n) is 6.87. The van der Waals surface area contributed by atoms with E-state index in [0.717, 1.165) is 12.8 Å². The number of aromatic nitrogens is 2. The highest BCUT2D eigenvalue weighted by atomic mass is 19.1. The number of hydrogen-bond donors (Lipinski definition) is 3. The van der Waals surface area contributed by atoms with Crippen LogP contribution in [-0.2, 0) is 17.9 Å². The summed E-state index contributed by atoms with van der Waals surface area (Å²) in [5, 5.41) is 2.71. The van der Waals surface area contributed by atoms with Gasteiger partial charge in [0.05, 0.1) is 6.54 Å². The second kappa shape index (κ2) is 9.90. The van der Waals surface area contributed by atoms with E-state index in [0.29, 0.717) is 24.2 Å². The molecule has 0 spiro atoms. The van der Waals surface area contributed by atoms with Crippen LogP contribution < -0.4 is 27.2 Å². The van der Waals surface area contributed by atoms with Crippen LogP contribution in [-0.4, -0.2) is 28.5 Å². The van der Waals surface area contributed by atoms with Crippen LogP contribution in [0, 0.1) is 12.7 Å². The van der Waals surface area contributed by atoms with E-state index in [-0.39, 0.29) is 36.3 Å². The van der Waals surface area contributed by atoms with Crippen molar-refractivity contribution in [3.63, 3.8) is 0 Å². The average molecular weight is 405 g/mol. The topological polar surface area (TPSA) is 113 Å². The summed E-state index contributed by atoms with van der Waals surface area (Å²) in [6, 6.07) is 4.76. The van der Waals surface area contributed by atoms with Gasteiger partial charge in [-0.25, -0.2) is 9.18 Å². The van der Waals surface area contributed by atoms with Gasteiger partial charge in [0.15, 0.2) is 0 Å². The molecule has 2 rings (SSSR count). The van der Waals surface area contributed by atoms with Gasteiger partial charge >= 0.3 is 5.69 Å². The SMILES string of the molecule is CCCCn1c(N)c(N(CC)CC(=O)NCc2ccc(C)c(F)c2)c(=O)[nH]c1=O. The molecule has 2 aromatic rings. The van der Waals surface area contributed by atoms with E-state index < -0.39 is 11.2 Å². The third-order valence-electron chi connectivity index (χ3n) is 4.71. The molecule has 1 heterocycles. The van der Waals surface area contributed by atoms with Crippen molar-refractivity contribution < 1.29 is 9.18 Å². The normalized spacial score (nSPS) is 10.8. The number of H-pyrrole nitrogens is 1. The van der Waals surface area contributed by atoms with Crippen LogP contribution in [0.5, 0.6) is 0 Å². The van der Waals surface area contributed by atoms with Crippen molar-refractivity contribution in [1.82, 2.24) is 14.9 Å². The van der Waals surface area contributed by atoms with E-state index in [1.165, 1.54) is 15.5 Å². The third-order valence-corrected chi connectivity index (χ3v) is 4.71. The smallest absolute Gasteiger partial charge is 0.330 e. The molecule has 9 heteroatoms. The van der Waals surface area contributed by atoms with Crippen LogP contribution in [0.3, 0.4) is 0 Å². The van der Waals surface area contributed by atoms with Gasteiger partial charge in [0.25, 0.3) is 5.56 Å². The number of likely N-dealkylation sites (N-methyl/N-ethyl adjacent to an activating group) is 1. The maximum Gasteiger partial charge on any atom is 0.330 e. The fourth-order valence-electron chi connectivity index (χ4n) is 2.95. The van der Waals surface area contributed by atoms with Crippen molar-refractivity contribution >= 4 is 17.4 Å². The number of rotatable bonds is 9. The van der Waals surface area contributed by atoms with E-state index in [2.05, 4.69) is 10.3 Å². The highest BCUT2D eigenvalue weighted by molar-refractivity contribution is 5.82. The number of aromatic amines is 1. The van der Waals surface area contributed by atoms with Gasteiger partial charge in [-0.2, -0.15) is 0 Å². The lowest BCUT2D eigenvalue weighted by molar-refractivity contribution is -0.119. The molecule has 0 aliphatic carbocycles. The molecule has 0 saturated heterocycles. The lowest BCUT2D eigenvalue weighted by atomic mass is 10.1. The first-order chi connectivity index (χ1) is 13.8. The van der Waals surface area contributed by atoms with Crippen molar-refractivity contribution in [3.8, 4) is 0 Å². The Morgan fingerprint density at radius 1 is 1.31 bits per heavy atom. The lowest BCUT2D eigenvalue weighted by Crippen LogP contribution is -2.42. The summed E-state index contributed by atoms with van der Waals surface area (Å²) in [5.41, 5.74) is 6.17. The van der Waals surface area contributed by atoms with Gasteiger partial charge in [-0.05, 0) is 37.5 Å². The number of nitrogens with two attached hydrogens (primary N) is 1. The fourth-order valence-corrected chi connectivity index (χ4v) is 2.95. The summed E-state index contributed by atoms with van der Waals surface area (Å²) in [5.74, 6) is -0.638. The number of halogens is 1. The summed E-state index contributed by atoms with van der Waals surface area (Å²) >= 11 is 0. The van der Waals surface area contributed by atoms with Crippen LogP contribution in [0.1, 0.15) is 37.8 Å². The van der Waals surface area contributed by atoms with Gasteiger partial charge in [0.1, 0.15) is 17.3 Å². The molecule has 1 aromatic heterocycles. The molecule has 0 aliphatic heterocycles. The maximum absolute atomic E-state index is 13.6. The van der Waals surface area contributed by atoms with E-state index in [9.17, 15) is 18.8 Å². The Morgan fingerprint density at radius 3 is 2.66 bits per heavy atom. The van der Waals surface area contributed by atoms with E-state index >= 15 is 0 Å². The Bertz CT molecular complexity index is 983. The fraction of sp³-hybridized carbons (Fsp3) is 0.450. The number of nitrogen functional groups attached to an aromatic ring is 1. The molecule has 0 fully saturated rings. The summed E-state index contributed by atoms with van der Waals surface area (Å²) in [4.78, 5) is 40.6. The van der Waals surface area contributed by atoms with Crippen molar-refractivity contribution in [1.29, 1.82) is 0 Å². The van der Waals surface area contributed by atoms with Crippen LogP contribution in [0.2, 0.25) is 0 Å². The number of carbonyl (C=O) groups excluding carboxylic acids is 1. The third kappa shape index (κ3) is 5.46. The average Bonchev–Trinajstić information content (AvgIpc) is 2.67. The molecule has 0 unspecified atom stereocenters. The van der Waals surface area contributed by atoms with Crippen LogP contribution in [0.25, 0.3) is 0 Å². The minimum absolute atomic E-state index is 0.0439. The number of unbranched alkanes of at least 4 members (excludes halogenated alkanes) is 1. The number of nitrogens with one attached hydrogen (secondary N) is 2. The minimum atomic E-state index is -0.629. The summed E-state index contributed by atoms with van der Waals surface area (Å²) in [6.07, 6.45) is 1.59. The predicted octanol–water partition coefficient (Wildman–Crippen LogP) is 1.51. The summed E-state index contributed by atoms with van der Waals surface area (Å²) in [7, 11) is 0. The first-order valence-electron chi connectivity index (χ1n) is 9.67. The maximum atomic E-state index is 13.6. The van der Waals surface area contributed by atoms with Gasteiger partial charge in [-0.3, -0.25) is 19.1 Å². The number of carbonyl (C=O) groups is 1. The lowest BCUT2D eigenvalue weighted by Gasteiger charge is -2.24.